The van der Waals surface area contributed by atoms with E-state index >= 15 is 0 Å². The Hall–Kier alpha value is -3.68. The van der Waals surface area contributed by atoms with Gasteiger partial charge < -0.3 is 21.3 Å². The third-order valence-corrected chi connectivity index (χ3v) is 4.50. The fourth-order valence-corrected chi connectivity index (χ4v) is 2.52. The zero-order valence-corrected chi connectivity index (χ0v) is 18.8. The van der Waals surface area contributed by atoms with Crippen molar-refractivity contribution in [2.24, 2.45) is 11.8 Å². The Labute approximate surface area is 188 Å². The summed E-state index contributed by atoms with van der Waals surface area (Å²) in [6, 6.07) is 13.6. The molecular formula is C24H30N4O4. The minimum atomic E-state index is -0.286. The van der Waals surface area contributed by atoms with E-state index in [1.165, 1.54) is 0 Å². The molecular weight excluding hydrogens is 408 g/mol. The molecule has 0 spiro atoms. The summed E-state index contributed by atoms with van der Waals surface area (Å²) in [6.07, 6.45) is 0.0560. The highest BCUT2D eigenvalue weighted by Crippen LogP contribution is 2.16. The van der Waals surface area contributed by atoms with Gasteiger partial charge in [0.1, 0.15) is 0 Å². The van der Waals surface area contributed by atoms with Crippen LogP contribution in [-0.4, -0.2) is 23.6 Å². The Bertz CT molecular complexity index is 871. The first kappa shape index (κ1) is 24.6. The molecule has 0 saturated heterocycles. The van der Waals surface area contributed by atoms with Crippen LogP contribution in [0.25, 0.3) is 0 Å². The Morgan fingerprint density at radius 3 is 1.03 bits per heavy atom. The van der Waals surface area contributed by atoms with E-state index in [0.29, 0.717) is 22.7 Å². The van der Waals surface area contributed by atoms with Crippen LogP contribution in [0.1, 0.15) is 40.5 Å². The number of hydrogen-bond donors (Lipinski definition) is 4. The van der Waals surface area contributed by atoms with E-state index in [2.05, 4.69) is 21.3 Å². The molecule has 0 radical (unpaired) electrons. The predicted octanol–water partition coefficient (Wildman–Crippen LogP) is 4.23. The minimum Gasteiger partial charge on any atom is -0.326 e. The Kier molecular flexibility index (Phi) is 8.95. The van der Waals surface area contributed by atoms with Crippen LogP contribution in [0.3, 0.4) is 0 Å². The molecule has 0 unspecified atom stereocenters. The third kappa shape index (κ3) is 8.22. The van der Waals surface area contributed by atoms with E-state index in [1.807, 2.05) is 27.7 Å². The lowest BCUT2D eigenvalue weighted by molar-refractivity contribution is -0.121. The van der Waals surface area contributed by atoms with Crippen molar-refractivity contribution in [2.75, 3.05) is 21.3 Å². The van der Waals surface area contributed by atoms with Crippen LogP contribution in [0.2, 0.25) is 0 Å². The summed E-state index contributed by atoms with van der Waals surface area (Å²) in [5, 5.41) is 11.0. The highest BCUT2D eigenvalue weighted by molar-refractivity contribution is 5.97. The zero-order valence-electron chi connectivity index (χ0n) is 18.8. The van der Waals surface area contributed by atoms with E-state index in [-0.39, 0.29) is 48.3 Å². The number of rotatable bonds is 9. The maximum Gasteiger partial charge on any atom is 0.226 e. The van der Waals surface area contributed by atoms with Gasteiger partial charge in [-0.2, -0.15) is 0 Å². The molecule has 2 aromatic rings. The number of carbonyl (C=O) groups excluding carboxylic acids is 4. The molecule has 0 aliphatic heterocycles. The lowest BCUT2D eigenvalue weighted by atomic mass is 10.2. The van der Waals surface area contributed by atoms with Crippen LogP contribution in [-0.2, 0) is 19.2 Å². The van der Waals surface area contributed by atoms with E-state index in [0.717, 1.165) is 0 Å². The Morgan fingerprint density at radius 2 is 0.781 bits per heavy atom. The van der Waals surface area contributed by atoms with Crippen LogP contribution >= 0.6 is 0 Å². The third-order valence-electron chi connectivity index (χ3n) is 4.50. The number of hydrogen-bond acceptors (Lipinski definition) is 4. The summed E-state index contributed by atoms with van der Waals surface area (Å²) in [5.41, 5.74) is 2.46. The maximum absolute atomic E-state index is 12.1. The van der Waals surface area contributed by atoms with Crippen molar-refractivity contribution in [3.63, 3.8) is 0 Å². The normalized spacial score (nSPS) is 10.6. The second-order valence-electron chi connectivity index (χ2n) is 8.04. The minimum absolute atomic E-state index is 0.0280. The van der Waals surface area contributed by atoms with Gasteiger partial charge in [-0.25, -0.2) is 0 Å². The number of nitrogens with one attached hydrogen (secondary N) is 4. The lowest BCUT2D eigenvalue weighted by Crippen LogP contribution is -2.18. The van der Waals surface area contributed by atoms with Crippen molar-refractivity contribution < 1.29 is 19.2 Å². The molecule has 0 aliphatic carbocycles. The first-order valence-electron chi connectivity index (χ1n) is 10.6. The molecule has 32 heavy (non-hydrogen) atoms. The second-order valence-corrected chi connectivity index (χ2v) is 8.04. The van der Waals surface area contributed by atoms with E-state index in [1.54, 1.807) is 48.5 Å². The van der Waals surface area contributed by atoms with Gasteiger partial charge in [0, 0.05) is 47.4 Å². The van der Waals surface area contributed by atoms with Gasteiger partial charge in [0.2, 0.25) is 23.6 Å². The summed E-state index contributed by atoms with van der Waals surface area (Å²) >= 11 is 0. The first-order valence-corrected chi connectivity index (χ1v) is 10.6. The SMILES string of the molecule is CC(C)C(=O)Nc1ccc(NC(=O)CCC(=O)Nc2ccc(NC(=O)C(C)C)cc2)cc1. The standard InChI is InChI=1S/C24H30N4O4/c1-15(2)23(31)27-19-9-5-17(6-10-19)25-21(29)13-14-22(30)26-18-7-11-20(12-8-18)28-24(32)16(3)4/h5-12,15-16H,13-14H2,1-4H3,(H,25,29)(H,26,30)(H,27,31)(H,28,32). The molecule has 170 valence electrons. The number of benzene rings is 2. The zero-order chi connectivity index (χ0) is 23.7. The quantitative estimate of drug-likeness (QED) is 0.469. The molecule has 4 N–H and O–H groups in total. The van der Waals surface area contributed by atoms with Gasteiger partial charge in [-0.1, -0.05) is 27.7 Å². The van der Waals surface area contributed by atoms with Gasteiger partial charge in [0.25, 0.3) is 0 Å². The fraction of sp³-hybridized carbons (Fsp3) is 0.333. The summed E-state index contributed by atoms with van der Waals surface area (Å²) in [6.45, 7) is 7.23. The van der Waals surface area contributed by atoms with E-state index < -0.39 is 0 Å². The summed E-state index contributed by atoms with van der Waals surface area (Å²) in [4.78, 5) is 47.7. The van der Waals surface area contributed by atoms with E-state index in [9.17, 15) is 19.2 Å². The van der Waals surface area contributed by atoms with Gasteiger partial charge in [-0.05, 0) is 48.5 Å². The Balaban J connectivity index is 1.76. The van der Waals surface area contributed by atoms with Crippen molar-refractivity contribution in [3.8, 4) is 0 Å². The van der Waals surface area contributed by atoms with Gasteiger partial charge in [-0.3, -0.25) is 19.2 Å². The van der Waals surface area contributed by atoms with Crippen molar-refractivity contribution in [1.82, 2.24) is 0 Å². The maximum atomic E-state index is 12.1. The molecule has 0 aliphatic rings. The number of carbonyl (C=O) groups is 4. The number of amides is 4. The average Bonchev–Trinajstić information content (AvgIpc) is 2.75. The molecule has 0 aromatic heterocycles. The van der Waals surface area contributed by atoms with Crippen LogP contribution in [0.15, 0.2) is 48.5 Å². The summed E-state index contributed by atoms with van der Waals surface area (Å²) in [5.74, 6) is -0.976. The van der Waals surface area contributed by atoms with Gasteiger partial charge in [-0.15, -0.1) is 0 Å². The molecule has 0 fully saturated rings. The molecule has 8 heteroatoms. The molecule has 0 atom stereocenters. The topological polar surface area (TPSA) is 116 Å². The van der Waals surface area contributed by atoms with E-state index in [4.69, 9.17) is 0 Å². The first-order chi connectivity index (χ1) is 15.1. The predicted molar refractivity (Wildman–Crippen MR) is 126 cm³/mol. The molecule has 2 rings (SSSR count). The summed E-state index contributed by atoms with van der Waals surface area (Å²) < 4.78 is 0. The van der Waals surface area contributed by atoms with Crippen molar-refractivity contribution in [3.05, 3.63) is 48.5 Å². The van der Waals surface area contributed by atoms with Crippen molar-refractivity contribution >= 4 is 46.4 Å². The van der Waals surface area contributed by atoms with Crippen LogP contribution in [0, 0.1) is 11.8 Å². The van der Waals surface area contributed by atoms with Crippen LogP contribution in [0.4, 0.5) is 22.7 Å². The van der Waals surface area contributed by atoms with Crippen molar-refractivity contribution in [1.29, 1.82) is 0 Å². The highest BCUT2D eigenvalue weighted by Gasteiger charge is 2.10. The fourth-order valence-electron chi connectivity index (χ4n) is 2.52. The molecule has 2 aromatic carbocycles. The molecule has 8 nitrogen and oxygen atoms in total. The van der Waals surface area contributed by atoms with Crippen molar-refractivity contribution in [2.45, 2.75) is 40.5 Å². The molecule has 0 saturated carbocycles. The summed E-state index contributed by atoms with van der Waals surface area (Å²) in [7, 11) is 0. The molecule has 0 heterocycles. The largest absolute Gasteiger partial charge is 0.326 e. The number of anilines is 4. The van der Waals surface area contributed by atoms with Crippen LogP contribution < -0.4 is 21.3 Å². The monoisotopic (exact) mass is 438 g/mol. The Morgan fingerprint density at radius 1 is 0.531 bits per heavy atom. The van der Waals surface area contributed by atoms with Gasteiger partial charge in [0.05, 0.1) is 0 Å². The van der Waals surface area contributed by atoms with Gasteiger partial charge >= 0.3 is 0 Å². The van der Waals surface area contributed by atoms with Gasteiger partial charge in [0.15, 0.2) is 0 Å². The molecule has 4 amide bonds. The smallest absolute Gasteiger partial charge is 0.226 e. The second kappa shape index (κ2) is 11.6. The molecule has 0 bridgehead atoms. The highest BCUT2D eigenvalue weighted by atomic mass is 16.2. The lowest BCUT2D eigenvalue weighted by Gasteiger charge is -2.10. The van der Waals surface area contributed by atoms with Crippen LogP contribution in [0.5, 0.6) is 0 Å². The average molecular weight is 439 g/mol.